The van der Waals surface area contributed by atoms with Crippen LogP contribution < -0.4 is 20.9 Å². The lowest BCUT2D eigenvalue weighted by atomic mass is 9.94. The SMILES string of the molecule is COc1ccc(CCc2c(C(N)=O)cccc2C(N)=O)cc1OC. The average molecular weight is 328 g/mol. The van der Waals surface area contributed by atoms with Gasteiger partial charge in [-0.1, -0.05) is 12.1 Å². The highest BCUT2D eigenvalue weighted by molar-refractivity contribution is 6.01. The van der Waals surface area contributed by atoms with Crippen LogP contribution in [0.5, 0.6) is 11.5 Å². The van der Waals surface area contributed by atoms with E-state index in [0.717, 1.165) is 5.56 Å². The van der Waals surface area contributed by atoms with Crippen molar-refractivity contribution in [3.05, 3.63) is 58.7 Å². The van der Waals surface area contributed by atoms with Crippen LogP contribution in [-0.4, -0.2) is 26.0 Å². The standard InChI is InChI=1S/C18H20N2O4/c1-23-15-9-7-11(10-16(15)24-2)6-8-12-13(17(19)21)4-3-5-14(12)18(20)22/h3-5,7,9-10H,6,8H2,1-2H3,(H2,19,21)(H2,20,22). The molecule has 0 saturated carbocycles. The number of amides is 2. The van der Waals surface area contributed by atoms with Crippen molar-refractivity contribution < 1.29 is 19.1 Å². The summed E-state index contributed by atoms with van der Waals surface area (Å²) in [6.07, 6.45) is 1.04. The molecule has 0 atom stereocenters. The number of methoxy groups -OCH3 is 2. The van der Waals surface area contributed by atoms with Crippen LogP contribution in [0.25, 0.3) is 0 Å². The zero-order valence-electron chi connectivity index (χ0n) is 13.7. The Hall–Kier alpha value is -3.02. The molecule has 0 aliphatic carbocycles. The molecule has 6 nitrogen and oxygen atoms in total. The van der Waals surface area contributed by atoms with Gasteiger partial charge in [-0.2, -0.15) is 0 Å². The van der Waals surface area contributed by atoms with Gasteiger partial charge >= 0.3 is 0 Å². The van der Waals surface area contributed by atoms with Gasteiger partial charge in [0.25, 0.3) is 0 Å². The van der Waals surface area contributed by atoms with Crippen LogP contribution in [-0.2, 0) is 12.8 Å². The first kappa shape index (κ1) is 17.3. The Labute approximate surface area is 140 Å². The van der Waals surface area contributed by atoms with Gasteiger partial charge in [0, 0.05) is 11.1 Å². The molecule has 24 heavy (non-hydrogen) atoms. The molecule has 0 radical (unpaired) electrons. The molecule has 0 spiro atoms. The highest BCUT2D eigenvalue weighted by Gasteiger charge is 2.16. The van der Waals surface area contributed by atoms with E-state index in [0.29, 0.717) is 41.0 Å². The molecule has 4 N–H and O–H groups in total. The predicted octanol–water partition coefficient (Wildman–Crippen LogP) is 1.69. The lowest BCUT2D eigenvalue weighted by Crippen LogP contribution is -2.20. The summed E-state index contributed by atoms with van der Waals surface area (Å²) in [4.78, 5) is 23.3. The van der Waals surface area contributed by atoms with Gasteiger partial charge in [0.2, 0.25) is 11.8 Å². The van der Waals surface area contributed by atoms with E-state index in [9.17, 15) is 9.59 Å². The molecule has 0 aliphatic rings. The van der Waals surface area contributed by atoms with Crippen molar-refractivity contribution in [2.45, 2.75) is 12.8 Å². The van der Waals surface area contributed by atoms with E-state index in [4.69, 9.17) is 20.9 Å². The highest BCUT2D eigenvalue weighted by Crippen LogP contribution is 2.28. The van der Waals surface area contributed by atoms with Crippen molar-refractivity contribution in [1.29, 1.82) is 0 Å². The summed E-state index contributed by atoms with van der Waals surface area (Å²) >= 11 is 0. The van der Waals surface area contributed by atoms with Crippen molar-refractivity contribution in [1.82, 2.24) is 0 Å². The lowest BCUT2D eigenvalue weighted by molar-refractivity contribution is 0.0999. The Balaban J connectivity index is 2.32. The van der Waals surface area contributed by atoms with E-state index < -0.39 is 11.8 Å². The second kappa shape index (κ2) is 7.50. The number of primary amides is 2. The molecule has 126 valence electrons. The summed E-state index contributed by atoms with van der Waals surface area (Å²) < 4.78 is 10.5. The zero-order chi connectivity index (χ0) is 17.7. The van der Waals surface area contributed by atoms with Gasteiger partial charge in [-0.15, -0.1) is 0 Å². The van der Waals surface area contributed by atoms with Crippen molar-refractivity contribution in [3.63, 3.8) is 0 Å². The molecule has 6 heteroatoms. The third-order valence-electron chi connectivity index (χ3n) is 3.82. The Morgan fingerprint density at radius 2 is 1.46 bits per heavy atom. The predicted molar refractivity (Wildman–Crippen MR) is 90.4 cm³/mol. The minimum absolute atomic E-state index is 0.312. The van der Waals surface area contributed by atoms with E-state index in [1.807, 2.05) is 18.2 Å². The van der Waals surface area contributed by atoms with E-state index >= 15 is 0 Å². The largest absolute Gasteiger partial charge is 0.493 e. The van der Waals surface area contributed by atoms with Crippen LogP contribution in [0.1, 0.15) is 31.8 Å². The topological polar surface area (TPSA) is 105 Å². The van der Waals surface area contributed by atoms with Gasteiger partial charge in [-0.25, -0.2) is 0 Å². The average Bonchev–Trinajstić information content (AvgIpc) is 2.58. The molecule has 0 unspecified atom stereocenters. The van der Waals surface area contributed by atoms with E-state index in [1.165, 1.54) is 0 Å². The summed E-state index contributed by atoms with van der Waals surface area (Å²) in [6, 6.07) is 10.4. The number of carbonyl (C=O) groups is 2. The number of carbonyl (C=O) groups excluding carboxylic acids is 2. The first-order valence-corrected chi connectivity index (χ1v) is 7.40. The fourth-order valence-electron chi connectivity index (χ4n) is 2.62. The normalized spacial score (nSPS) is 10.2. The van der Waals surface area contributed by atoms with Gasteiger partial charge in [-0.3, -0.25) is 9.59 Å². The molecular formula is C18H20N2O4. The zero-order valence-corrected chi connectivity index (χ0v) is 13.7. The monoisotopic (exact) mass is 328 g/mol. The smallest absolute Gasteiger partial charge is 0.249 e. The third-order valence-corrected chi connectivity index (χ3v) is 3.82. The summed E-state index contributed by atoms with van der Waals surface area (Å²) in [6.45, 7) is 0. The second-order valence-electron chi connectivity index (χ2n) is 5.25. The summed E-state index contributed by atoms with van der Waals surface area (Å²) in [7, 11) is 3.13. The van der Waals surface area contributed by atoms with Crippen molar-refractivity contribution in [2.75, 3.05) is 14.2 Å². The summed E-state index contributed by atoms with van der Waals surface area (Å²) in [5.41, 5.74) is 13.0. The Bertz CT molecular complexity index is 739. The number of hydrogen-bond acceptors (Lipinski definition) is 4. The number of hydrogen-bond donors (Lipinski definition) is 2. The molecule has 0 heterocycles. The molecule has 0 bridgehead atoms. The maximum absolute atomic E-state index is 11.6. The molecule has 0 aromatic heterocycles. The number of aryl methyl sites for hydroxylation is 1. The van der Waals surface area contributed by atoms with E-state index in [2.05, 4.69) is 0 Å². The number of ether oxygens (including phenoxy) is 2. The molecule has 0 fully saturated rings. The van der Waals surface area contributed by atoms with Gasteiger partial charge in [0.1, 0.15) is 0 Å². The molecule has 0 aliphatic heterocycles. The maximum atomic E-state index is 11.6. The van der Waals surface area contributed by atoms with Crippen LogP contribution in [0.4, 0.5) is 0 Å². The van der Waals surface area contributed by atoms with Crippen LogP contribution in [0.15, 0.2) is 36.4 Å². The van der Waals surface area contributed by atoms with E-state index in [1.54, 1.807) is 32.4 Å². The van der Waals surface area contributed by atoms with Crippen LogP contribution in [0.2, 0.25) is 0 Å². The van der Waals surface area contributed by atoms with Crippen LogP contribution in [0.3, 0.4) is 0 Å². The van der Waals surface area contributed by atoms with Crippen LogP contribution >= 0.6 is 0 Å². The first-order valence-electron chi connectivity index (χ1n) is 7.40. The molecule has 0 saturated heterocycles. The second-order valence-corrected chi connectivity index (χ2v) is 5.25. The first-order chi connectivity index (χ1) is 11.5. The molecule has 2 amide bonds. The van der Waals surface area contributed by atoms with Gasteiger partial charge in [0.15, 0.2) is 11.5 Å². The van der Waals surface area contributed by atoms with Gasteiger partial charge in [0.05, 0.1) is 14.2 Å². The molecule has 2 aromatic rings. The van der Waals surface area contributed by atoms with Crippen molar-refractivity contribution in [2.24, 2.45) is 11.5 Å². The van der Waals surface area contributed by atoms with E-state index in [-0.39, 0.29) is 0 Å². The van der Waals surface area contributed by atoms with Crippen molar-refractivity contribution in [3.8, 4) is 11.5 Å². The summed E-state index contributed by atoms with van der Waals surface area (Å²) in [5, 5.41) is 0. The van der Waals surface area contributed by atoms with Crippen molar-refractivity contribution >= 4 is 11.8 Å². The maximum Gasteiger partial charge on any atom is 0.249 e. The number of rotatable bonds is 7. The molecular weight excluding hydrogens is 308 g/mol. The number of benzene rings is 2. The third kappa shape index (κ3) is 3.65. The van der Waals surface area contributed by atoms with Gasteiger partial charge in [-0.05, 0) is 48.2 Å². The Morgan fingerprint density at radius 3 is 1.96 bits per heavy atom. The minimum atomic E-state index is -0.583. The summed E-state index contributed by atoms with van der Waals surface area (Å²) in [5.74, 6) is 0.0887. The van der Waals surface area contributed by atoms with Gasteiger partial charge < -0.3 is 20.9 Å². The number of nitrogens with two attached hydrogens (primary N) is 2. The Morgan fingerprint density at radius 1 is 0.875 bits per heavy atom. The fourth-order valence-corrected chi connectivity index (χ4v) is 2.62. The lowest BCUT2D eigenvalue weighted by Gasteiger charge is -2.12. The minimum Gasteiger partial charge on any atom is -0.493 e. The fraction of sp³-hybridized carbons (Fsp3) is 0.222. The van der Waals surface area contributed by atoms with Crippen LogP contribution in [0, 0.1) is 0 Å². The molecule has 2 rings (SSSR count). The Kier molecular flexibility index (Phi) is 5.42. The quantitative estimate of drug-likeness (QED) is 0.807. The highest BCUT2D eigenvalue weighted by atomic mass is 16.5. The molecule has 2 aromatic carbocycles.